The van der Waals surface area contributed by atoms with Crippen molar-refractivity contribution in [2.45, 2.75) is 13.0 Å². The molecule has 1 aromatic heterocycles. The van der Waals surface area contributed by atoms with Gasteiger partial charge in [-0.1, -0.05) is 23.4 Å². The third kappa shape index (κ3) is 1.92. The molecule has 0 unspecified atom stereocenters. The number of aliphatic hydroxyl groups is 1. The first-order valence-electron chi connectivity index (χ1n) is 6.23. The molecule has 0 spiro atoms. The number of para-hydroxylation sites is 1. The van der Waals surface area contributed by atoms with E-state index in [4.69, 9.17) is 5.26 Å². The van der Waals surface area contributed by atoms with Gasteiger partial charge in [-0.25, -0.2) is 4.68 Å². The highest BCUT2D eigenvalue weighted by Crippen LogP contribution is 2.25. The van der Waals surface area contributed by atoms with Gasteiger partial charge in [-0.05, 0) is 31.2 Å². The van der Waals surface area contributed by atoms with Crippen molar-refractivity contribution >= 4 is 11.0 Å². The summed E-state index contributed by atoms with van der Waals surface area (Å²) in [5.41, 5.74) is 3.51. The van der Waals surface area contributed by atoms with Crippen LogP contribution in [0.4, 0.5) is 0 Å². The van der Waals surface area contributed by atoms with Crippen molar-refractivity contribution in [2.75, 3.05) is 0 Å². The van der Waals surface area contributed by atoms with Crippen LogP contribution in [0.15, 0.2) is 42.5 Å². The summed E-state index contributed by atoms with van der Waals surface area (Å²) in [6.07, 6.45) is -0.652. The molecule has 0 aliphatic heterocycles. The number of aromatic nitrogens is 3. The Morgan fingerprint density at radius 2 is 2.05 bits per heavy atom. The van der Waals surface area contributed by atoms with Gasteiger partial charge in [0.05, 0.1) is 28.9 Å². The van der Waals surface area contributed by atoms with Crippen LogP contribution < -0.4 is 0 Å². The van der Waals surface area contributed by atoms with E-state index in [1.165, 1.54) is 0 Å². The van der Waals surface area contributed by atoms with Crippen molar-refractivity contribution < 1.29 is 5.11 Å². The molecular weight excluding hydrogens is 252 g/mol. The summed E-state index contributed by atoms with van der Waals surface area (Å²) >= 11 is 0. The quantitative estimate of drug-likeness (QED) is 0.771. The number of hydrogen-bond acceptors (Lipinski definition) is 4. The second-order valence-corrected chi connectivity index (χ2v) is 4.55. The number of nitriles is 1. The number of fused-ring (bicyclic) bond motifs is 1. The van der Waals surface area contributed by atoms with Gasteiger partial charge >= 0.3 is 0 Å². The van der Waals surface area contributed by atoms with Crippen molar-refractivity contribution in [1.29, 1.82) is 5.26 Å². The molecule has 3 aromatic rings. The molecule has 0 bridgehead atoms. The van der Waals surface area contributed by atoms with E-state index in [0.29, 0.717) is 16.8 Å². The fourth-order valence-corrected chi connectivity index (χ4v) is 2.20. The maximum atomic E-state index is 9.89. The highest BCUT2D eigenvalue weighted by molar-refractivity contribution is 5.76. The van der Waals surface area contributed by atoms with Crippen LogP contribution in [0.25, 0.3) is 16.7 Å². The van der Waals surface area contributed by atoms with Crippen molar-refractivity contribution in [3.05, 3.63) is 53.6 Å². The molecule has 0 aliphatic rings. The molecule has 3 rings (SSSR count). The third-order valence-electron chi connectivity index (χ3n) is 3.19. The smallest absolute Gasteiger partial charge is 0.113 e. The van der Waals surface area contributed by atoms with Crippen LogP contribution in [-0.4, -0.2) is 20.1 Å². The van der Waals surface area contributed by atoms with Gasteiger partial charge in [0.2, 0.25) is 0 Å². The molecule has 1 N–H and O–H groups in total. The van der Waals surface area contributed by atoms with Gasteiger partial charge in [-0.15, -0.1) is 5.10 Å². The number of nitrogens with zero attached hydrogens (tertiary/aromatic N) is 4. The summed E-state index contributed by atoms with van der Waals surface area (Å²) in [5.74, 6) is 0. The monoisotopic (exact) mass is 264 g/mol. The molecule has 1 heterocycles. The lowest BCUT2D eigenvalue weighted by Crippen LogP contribution is -2.04. The van der Waals surface area contributed by atoms with Crippen LogP contribution in [0.5, 0.6) is 0 Å². The molecule has 20 heavy (non-hydrogen) atoms. The molecule has 0 fully saturated rings. The summed E-state index contributed by atoms with van der Waals surface area (Å²) in [7, 11) is 0. The summed E-state index contributed by atoms with van der Waals surface area (Å²) in [4.78, 5) is 0. The van der Waals surface area contributed by atoms with E-state index in [-0.39, 0.29) is 0 Å². The van der Waals surface area contributed by atoms with Gasteiger partial charge < -0.3 is 5.11 Å². The lowest BCUT2D eigenvalue weighted by Gasteiger charge is -2.12. The largest absolute Gasteiger partial charge is 0.389 e. The molecule has 1 atom stereocenters. The lowest BCUT2D eigenvalue weighted by atomic mass is 10.1. The fraction of sp³-hybridized carbons (Fsp3) is 0.133. The first-order chi connectivity index (χ1) is 9.70. The Morgan fingerprint density at radius 3 is 2.80 bits per heavy atom. The Bertz CT molecular complexity index is 814. The predicted octanol–water partition coefficient (Wildman–Crippen LogP) is 2.35. The van der Waals surface area contributed by atoms with Gasteiger partial charge in [-0.3, -0.25) is 0 Å². The van der Waals surface area contributed by atoms with E-state index in [1.54, 1.807) is 29.8 Å². The standard InChI is InChI=1S/C15H12N4O/c1-10(20)12-7-6-11(9-16)8-15(12)19-14-5-3-2-4-13(14)17-18-19/h2-8,10,20H,1H3/t10-/m1/s1. The normalized spacial score (nSPS) is 12.2. The highest BCUT2D eigenvalue weighted by atomic mass is 16.3. The molecule has 0 amide bonds. The van der Waals surface area contributed by atoms with Crippen LogP contribution >= 0.6 is 0 Å². The zero-order valence-corrected chi connectivity index (χ0v) is 10.9. The molecule has 0 saturated heterocycles. The Labute approximate surface area is 115 Å². The predicted molar refractivity (Wildman–Crippen MR) is 74.2 cm³/mol. The van der Waals surface area contributed by atoms with Crippen LogP contribution in [0.1, 0.15) is 24.2 Å². The minimum Gasteiger partial charge on any atom is -0.389 e. The van der Waals surface area contributed by atoms with E-state index in [9.17, 15) is 5.11 Å². The lowest BCUT2D eigenvalue weighted by molar-refractivity contribution is 0.199. The molecular formula is C15H12N4O. The first-order valence-corrected chi connectivity index (χ1v) is 6.23. The van der Waals surface area contributed by atoms with Crippen molar-refractivity contribution in [3.8, 4) is 11.8 Å². The molecule has 5 nitrogen and oxygen atoms in total. The number of rotatable bonds is 2. The Morgan fingerprint density at radius 1 is 1.25 bits per heavy atom. The molecule has 98 valence electrons. The summed E-state index contributed by atoms with van der Waals surface area (Å²) < 4.78 is 1.65. The minimum absolute atomic E-state index is 0.518. The number of benzene rings is 2. The van der Waals surface area contributed by atoms with E-state index >= 15 is 0 Å². The minimum atomic E-state index is -0.652. The second kappa shape index (κ2) is 4.76. The molecule has 0 saturated carbocycles. The highest BCUT2D eigenvalue weighted by Gasteiger charge is 2.14. The van der Waals surface area contributed by atoms with Crippen molar-refractivity contribution in [2.24, 2.45) is 0 Å². The van der Waals surface area contributed by atoms with Crippen LogP contribution in [0, 0.1) is 11.3 Å². The molecule has 0 aliphatic carbocycles. The number of hydrogen-bond donors (Lipinski definition) is 1. The maximum absolute atomic E-state index is 9.89. The van der Waals surface area contributed by atoms with Crippen LogP contribution in [0.2, 0.25) is 0 Å². The van der Waals surface area contributed by atoms with Crippen LogP contribution in [0.3, 0.4) is 0 Å². The van der Waals surface area contributed by atoms with Gasteiger partial charge in [-0.2, -0.15) is 5.26 Å². The Kier molecular flexibility index (Phi) is 2.93. The number of aliphatic hydroxyl groups excluding tert-OH is 1. The average molecular weight is 264 g/mol. The fourth-order valence-electron chi connectivity index (χ4n) is 2.20. The topological polar surface area (TPSA) is 74.7 Å². The Balaban J connectivity index is 2.30. The molecule has 5 heteroatoms. The Hall–Kier alpha value is -2.71. The third-order valence-corrected chi connectivity index (χ3v) is 3.19. The summed E-state index contributed by atoms with van der Waals surface area (Å²) in [6.45, 7) is 1.68. The zero-order valence-electron chi connectivity index (χ0n) is 10.9. The van der Waals surface area contributed by atoms with Gasteiger partial charge in [0, 0.05) is 5.56 Å². The molecule has 2 aromatic carbocycles. The van der Waals surface area contributed by atoms with Crippen molar-refractivity contribution in [3.63, 3.8) is 0 Å². The summed E-state index contributed by atoms with van der Waals surface area (Å²) in [5, 5.41) is 27.2. The zero-order chi connectivity index (χ0) is 14.1. The van der Waals surface area contributed by atoms with E-state index in [2.05, 4.69) is 16.4 Å². The van der Waals surface area contributed by atoms with E-state index in [0.717, 1.165) is 11.0 Å². The average Bonchev–Trinajstić information content (AvgIpc) is 2.90. The van der Waals surface area contributed by atoms with Crippen molar-refractivity contribution in [1.82, 2.24) is 15.0 Å². The molecule has 0 radical (unpaired) electrons. The second-order valence-electron chi connectivity index (χ2n) is 4.55. The first kappa shape index (κ1) is 12.3. The SMILES string of the molecule is C[C@@H](O)c1ccc(C#N)cc1-n1nnc2ccccc21. The van der Waals surface area contributed by atoms with Gasteiger partial charge in [0.1, 0.15) is 5.52 Å². The summed E-state index contributed by atoms with van der Waals surface area (Å²) in [6, 6.07) is 14.8. The van der Waals surface area contributed by atoms with E-state index < -0.39 is 6.10 Å². The van der Waals surface area contributed by atoms with E-state index in [1.807, 2.05) is 24.3 Å². The van der Waals surface area contributed by atoms with Crippen LogP contribution in [-0.2, 0) is 0 Å². The van der Waals surface area contributed by atoms with Gasteiger partial charge in [0.15, 0.2) is 0 Å². The maximum Gasteiger partial charge on any atom is 0.113 e. The van der Waals surface area contributed by atoms with Gasteiger partial charge in [0.25, 0.3) is 0 Å².